The van der Waals surface area contributed by atoms with Gasteiger partial charge in [-0.05, 0) is 42.8 Å². The maximum atomic E-state index is 5.75. The molecule has 1 heterocycles. The summed E-state index contributed by atoms with van der Waals surface area (Å²) >= 11 is 0. The molecule has 1 atom stereocenters. The molecule has 0 aliphatic heterocycles. The molecule has 1 aromatic heterocycles. The Balaban J connectivity index is 2.09. The highest BCUT2D eigenvalue weighted by atomic mass is 15.1. The Kier molecular flexibility index (Phi) is 4.93. The van der Waals surface area contributed by atoms with Gasteiger partial charge in [0.05, 0.1) is 0 Å². The Morgan fingerprint density at radius 3 is 2.42 bits per heavy atom. The highest BCUT2D eigenvalue weighted by Gasteiger charge is 2.13. The fourth-order valence-electron chi connectivity index (χ4n) is 2.32. The number of pyridine rings is 1. The molecule has 1 unspecified atom stereocenters. The zero-order valence-electron chi connectivity index (χ0n) is 11.4. The van der Waals surface area contributed by atoms with E-state index in [1.54, 1.807) is 0 Å². The van der Waals surface area contributed by atoms with Crippen molar-refractivity contribution in [2.75, 3.05) is 25.0 Å². The zero-order valence-corrected chi connectivity index (χ0v) is 11.4. The lowest BCUT2D eigenvalue weighted by molar-refractivity contribution is 0.624. The molecule has 0 aliphatic carbocycles. The Morgan fingerprint density at radius 1 is 1.11 bits per heavy atom. The van der Waals surface area contributed by atoms with Crippen LogP contribution in [0.4, 0.5) is 5.69 Å². The van der Waals surface area contributed by atoms with Crippen LogP contribution >= 0.6 is 0 Å². The van der Waals surface area contributed by atoms with E-state index >= 15 is 0 Å². The molecule has 2 aromatic rings. The number of anilines is 1. The lowest BCUT2D eigenvalue weighted by Gasteiger charge is -2.26. The third-order valence-corrected chi connectivity index (χ3v) is 3.38. The first kappa shape index (κ1) is 13.6. The molecular weight excluding hydrogens is 234 g/mol. The van der Waals surface area contributed by atoms with Crippen molar-refractivity contribution in [2.24, 2.45) is 5.73 Å². The van der Waals surface area contributed by atoms with Crippen LogP contribution in [-0.2, 0) is 0 Å². The maximum Gasteiger partial charge on any atom is 0.0363 e. The summed E-state index contributed by atoms with van der Waals surface area (Å²) in [4.78, 5) is 6.36. The van der Waals surface area contributed by atoms with E-state index in [1.807, 2.05) is 18.5 Å². The molecular formula is C16H21N3. The summed E-state index contributed by atoms with van der Waals surface area (Å²) in [6, 6.07) is 14.6. The Bertz CT molecular complexity index is 470. The van der Waals surface area contributed by atoms with Crippen molar-refractivity contribution in [1.82, 2.24) is 4.98 Å². The number of rotatable bonds is 6. The second-order valence-electron chi connectivity index (χ2n) is 4.77. The summed E-state index contributed by atoms with van der Waals surface area (Å²) in [6.07, 6.45) is 4.68. The van der Waals surface area contributed by atoms with Gasteiger partial charge in [-0.1, -0.05) is 18.2 Å². The summed E-state index contributed by atoms with van der Waals surface area (Å²) in [5.41, 5.74) is 8.29. The normalized spacial score (nSPS) is 12.1. The fourth-order valence-corrected chi connectivity index (χ4v) is 2.32. The summed E-state index contributed by atoms with van der Waals surface area (Å²) in [7, 11) is 2.13. The first-order valence-electron chi connectivity index (χ1n) is 6.67. The van der Waals surface area contributed by atoms with Gasteiger partial charge >= 0.3 is 0 Å². The highest BCUT2D eigenvalue weighted by molar-refractivity contribution is 5.45. The quantitative estimate of drug-likeness (QED) is 0.863. The minimum atomic E-state index is 0.443. The fraction of sp³-hybridized carbons (Fsp3) is 0.312. The number of nitrogens with zero attached hydrogens (tertiary/aromatic N) is 2. The number of benzene rings is 1. The Labute approximate surface area is 115 Å². The molecule has 0 saturated heterocycles. The van der Waals surface area contributed by atoms with Crippen molar-refractivity contribution in [2.45, 2.75) is 12.3 Å². The van der Waals surface area contributed by atoms with Crippen molar-refractivity contribution in [3.63, 3.8) is 0 Å². The standard InChI is InChI=1S/C16H21N3/c1-19(16-5-3-2-4-6-16)13-15(7-10-17)14-8-11-18-12-9-14/h2-6,8-9,11-12,15H,7,10,13,17H2,1H3. The van der Waals surface area contributed by atoms with E-state index in [-0.39, 0.29) is 0 Å². The molecule has 100 valence electrons. The van der Waals surface area contributed by atoms with E-state index in [0.717, 1.165) is 13.0 Å². The van der Waals surface area contributed by atoms with Crippen molar-refractivity contribution in [3.05, 3.63) is 60.4 Å². The van der Waals surface area contributed by atoms with Gasteiger partial charge in [0.2, 0.25) is 0 Å². The van der Waals surface area contributed by atoms with E-state index in [1.165, 1.54) is 11.3 Å². The summed E-state index contributed by atoms with van der Waals surface area (Å²) in [5, 5.41) is 0. The van der Waals surface area contributed by atoms with E-state index < -0.39 is 0 Å². The van der Waals surface area contributed by atoms with Gasteiger partial charge < -0.3 is 10.6 Å². The second-order valence-corrected chi connectivity index (χ2v) is 4.77. The molecule has 0 fully saturated rings. The summed E-state index contributed by atoms with van der Waals surface area (Å²) in [5.74, 6) is 0.443. The van der Waals surface area contributed by atoms with Crippen LogP contribution < -0.4 is 10.6 Å². The second kappa shape index (κ2) is 6.90. The molecule has 2 rings (SSSR count). The molecule has 0 aliphatic rings. The van der Waals surface area contributed by atoms with Crippen molar-refractivity contribution in [3.8, 4) is 0 Å². The van der Waals surface area contributed by atoms with Gasteiger partial charge in [0.1, 0.15) is 0 Å². The highest BCUT2D eigenvalue weighted by Crippen LogP contribution is 2.22. The van der Waals surface area contributed by atoms with Crippen molar-refractivity contribution >= 4 is 5.69 Å². The lowest BCUT2D eigenvalue weighted by Crippen LogP contribution is -2.25. The van der Waals surface area contributed by atoms with Gasteiger partial charge in [-0.2, -0.15) is 0 Å². The van der Waals surface area contributed by atoms with Gasteiger partial charge in [-0.3, -0.25) is 4.98 Å². The number of hydrogen-bond donors (Lipinski definition) is 1. The van der Waals surface area contributed by atoms with Gasteiger partial charge in [0, 0.05) is 37.6 Å². The number of nitrogens with two attached hydrogens (primary N) is 1. The van der Waals surface area contributed by atoms with Gasteiger partial charge in [0.15, 0.2) is 0 Å². The third kappa shape index (κ3) is 3.80. The first-order chi connectivity index (χ1) is 9.31. The van der Waals surface area contributed by atoms with E-state index in [2.05, 4.69) is 53.3 Å². The number of likely N-dealkylation sites (N-methyl/N-ethyl adjacent to an activating group) is 1. The Hall–Kier alpha value is -1.87. The zero-order chi connectivity index (χ0) is 13.5. The van der Waals surface area contributed by atoms with Gasteiger partial charge in [0.25, 0.3) is 0 Å². The number of hydrogen-bond acceptors (Lipinski definition) is 3. The third-order valence-electron chi connectivity index (χ3n) is 3.38. The van der Waals surface area contributed by atoms with Crippen LogP contribution in [-0.4, -0.2) is 25.1 Å². The molecule has 0 radical (unpaired) electrons. The molecule has 0 saturated carbocycles. The van der Waals surface area contributed by atoms with Crippen LogP contribution in [0.3, 0.4) is 0 Å². The molecule has 0 bridgehead atoms. The van der Waals surface area contributed by atoms with Crippen LogP contribution in [0, 0.1) is 0 Å². The number of aromatic nitrogens is 1. The minimum Gasteiger partial charge on any atom is -0.374 e. The number of para-hydroxylation sites is 1. The van der Waals surface area contributed by atoms with E-state index in [4.69, 9.17) is 5.73 Å². The predicted molar refractivity (Wildman–Crippen MR) is 80.4 cm³/mol. The van der Waals surface area contributed by atoms with E-state index in [0.29, 0.717) is 12.5 Å². The first-order valence-corrected chi connectivity index (χ1v) is 6.67. The monoisotopic (exact) mass is 255 g/mol. The SMILES string of the molecule is CN(CC(CCN)c1ccncc1)c1ccccc1. The average molecular weight is 255 g/mol. The van der Waals surface area contributed by atoms with Crippen LogP contribution in [0.2, 0.25) is 0 Å². The molecule has 0 amide bonds. The maximum absolute atomic E-state index is 5.75. The van der Waals surface area contributed by atoms with Crippen LogP contribution in [0.5, 0.6) is 0 Å². The van der Waals surface area contributed by atoms with Crippen LogP contribution in [0.1, 0.15) is 17.9 Å². The molecule has 0 spiro atoms. The predicted octanol–water partition coefficient (Wildman–Crippen LogP) is 2.65. The molecule has 3 heteroatoms. The van der Waals surface area contributed by atoms with Crippen molar-refractivity contribution in [1.29, 1.82) is 0 Å². The van der Waals surface area contributed by atoms with Crippen LogP contribution in [0.15, 0.2) is 54.9 Å². The van der Waals surface area contributed by atoms with Gasteiger partial charge in [-0.25, -0.2) is 0 Å². The molecule has 1 aromatic carbocycles. The smallest absolute Gasteiger partial charge is 0.0363 e. The lowest BCUT2D eigenvalue weighted by atomic mass is 9.96. The summed E-state index contributed by atoms with van der Waals surface area (Å²) < 4.78 is 0. The minimum absolute atomic E-state index is 0.443. The van der Waals surface area contributed by atoms with E-state index in [9.17, 15) is 0 Å². The van der Waals surface area contributed by atoms with Crippen molar-refractivity contribution < 1.29 is 0 Å². The topological polar surface area (TPSA) is 42.1 Å². The largest absolute Gasteiger partial charge is 0.374 e. The molecule has 19 heavy (non-hydrogen) atoms. The summed E-state index contributed by atoms with van der Waals surface area (Å²) in [6.45, 7) is 1.67. The molecule has 3 nitrogen and oxygen atoms in total. The Morgan fingerprint density at radius 2 is 1.79 bits per heavy atom. The molecule has 2 N–H and O–H groups in total. The van der Waals surface area contributed by atoms with Crippen LogP contribution in [0.25, 0.3) is 0 Å². The van der Waals surface area contributed by atoms with Gasteiger partial charge in [-0.15, -0.1) is 0 Å². The average Bonchev–Trinajstić information content (AvgIpc) is 2.48.